The van der Waals surface area contributed by atoms with Crippen LogP contribution in [0.2, 0.25) is 18.1 Å². The van der Waals surface area contributed by atoms with Gasteiger partial charge in [0.15, 0.2) is 8.32 Å². The summed E-state index contributed by atoms with van der Waals surface area (Å²) in [6, 6.07) is 21.0. The Hall–Kier alpha value is -3.17. The number of phenols is 1. The number of hydrogen-bond acceptors (Lipinski definition) is 6. The maximum absolute atomic E-state index is 12.9. The molecule has 3 aromatic carbocycles. The quantitative estimate of drug-likeness (QED) is 0.156. The predicted molar refractivity (Wildman–Crippen MR) is 176 cm³/mol. The lowest BCUT2D eigenvalue weighted by molar-refractivity contribution is 0.0954. The van der Waals surface area contributed by atoms with E-state index in [0.717, 1.165) is 28.9 Å². The molecule has 0 heterocycles. The SMILES string of the molecule is COc1cccc(CCNC(=O)c2cccc(CC(C)(C)NC[C@H](O[Si](C)(C)C(C)(C)C)c3ccc(O)c(CO)c3)c2)c1. The lowest BCUT2D eigenvalue weighted by Crippen LogP contribution is -2.47. The largest absolute Gasteiger partial charge is 0.508 e. The molecule has 4 N–H and O–H groups in total. The molecule has 0 aliphatic rings. The monoisotopic (exact) mass is 606 g/mol. The van der Waals surface area contributed by atoms with E-state index in [2.05, 4.69) is 58.3 Å². The number of nitrogens with one attached hydrogen (secondary N) is 2. The highest BCUT2D eigenvalue weighted by Gasteiger charge is 2.39. The Labute approximate surface area is 258 Å². The van der Waals surface area contributed by atoms with E-state index in [1.807, 2.05) is 60.7 Å². The molecule has 0 bridgehead atoms. The van der Waals surface area contributed by atoms with Crippen LogP contribution in [0.1, 0.15) is 73.3 Å². The van der Waals surface area contributed by atoms with Gasteiger partial charge in [-0.15, -0.1) is 0 Å². The van der Waals surface area contributed by atoms with Gasteiger partial charge < -0.3 is 30.0 Å². The molecule has 7 nitrogen and oxygen atoms in total. The van der Waals surface area contributed by atoms with Crippen LogP contribution in [0.3, 0.4) is 0 Å². The van der Waals surface area contributed by atoms with Gasteiger partial charge in [0.1, 0.15) is 11.5 Å². The van der Waals surface area contributed by atoms with Crippen LogP contribution in [0.15, 0.2) is 66.7 Å². The molecule has 0 aromatic heterocycles. The highest BCUT2D eigenvalue weighted by molar-refractivity contribution is 6.74. The van der Waals surface area contributed by atoms with E-state index in [4.69, 9.17) is 9.16 Å². The van der Waals surface area contributed by atoms with Crippen LogP contribution in [-0.2, 0) is 23.9 Å². The molecular formula is C35H50N2O5Si. The number of ether oxygens (including phenoxy) is 1. The Morgan fingerprint density at radius 1 is 0.953 bits per heavy atom. The Kier molecular flexibility index (Phi) is 11.6. The molecule has 43 heavy (non-hydrogen) atoms. The molecule has 0 aliphatic carbocycles. The van der Waals surface area contributed by atoms with Crippen molar-refractivity contribution in [1.29, 1.82) is 0 Å². The maximum Gasteiger partial charge on any atom is 0.251 e. The number of rotatable bonds is 14. The van der Waals surface area contributed by atoms with Crippen molar-refractivity contribution >= 4 is 14.2 Å². The second-order valence-corrected chi connectivity index (χ2v) is 18.2. The first kappa shape index (κ1) is 34.3. The van der Waals surface area contributed by atoms with Crippen molar-refractivity contribution in [3.8, 4) is 11.5 Å². The summed E-state index contributed by atoms with van der Waals surface area (Å²) in [5, 5.41) is 26.7. The van der Waals surface area contributed by atoms with Gasteiger partial charge in [-0.3, -0.25) is 4.79 Å². The third kappa shape index (κ3) is 9.93. The number of benzene rings is 3. The van der Waals surface area contributed by atoms with Gasteiger partial charge in [-0.1, -0.05) is 51.1 Å². The Bertz CT molecular complexity index is 1370. The summed E-state index contributed by atoms with van der Waals surface area (Å²) in [6.07, 6.45) is 1.17. The highest BCUT2D eigenvalue weighted by Crippen LogP contribution is 2.40. The lowest BCUT2D eigenvalue weighted by atomic mass is 9.93. The van der Waals surface area contributed by atoms with Crippen LogP contribution >= 0.6 is 0 Å². The zero-order valence-corrected chi connectivity index (χ0v) is 28.1. The number of aliphatic hydroxyl groups excluding tert-OH is 1. The minimum absolute atomic E-state index is 0.0203. The topological polar surface area (TPSA) is 100 Å². The smallest absolute Gasteiger partial charge is 0.251 e. The standard InChI is InChI=1S/C35H50N2O5Si/c1-34(2,3)43(7,8)42-32(27-15-16-31(39)29(21-27)24-38)23-37-35(4,5)22-26-12-9-13-28(19-26)33(40)36-18-17-25-11-10-14-30(20-25)41-6/h9-16,19-21,32,37-39H,17-18,22-24H2,1-8H3,(H,36,40)/t32-/m0/s1. The van der Waals surface area contributed by atoms with Crippen molar-refractivity contribution in [2.75, 3.05) is 20.2 Å². The number of carbonyl (C=O) groups excluding carboxylic acids is 1. The van der Waals surface area contributed by atoms with Gasteiger partial charge in [0.25, 0.3) is 5.91 Å². The van der Waals surface area contributed by atoms with E-state index in [0.29, 0.717) is 30.6 Å². The van der Waals surface area contributed by atoms with Crippen LogP contribution in [0.5, 0.6) is 11.5 Å². The molecular weight excluding hydrogens is 556 g/mol. The third-order valence-electron chi connectivity index (χ3n) is 8.32. The van der Waals surface area contributed by atoms with Crippen LogP contribution < -0.4 is 15.4 Å². The first-order chi connectivity index (χ1) is 20.1. The molecule has 3 rings (SSSR count). The second kappa shape index (κ2) is 14.5. The molecule has 0 spiro atoms. The Morgan fingerprint density at radius 2 is 1.65 bits per heavy atom. The molecule has 234 valence electrons. The summed E-state index contributed by atoms with van der Waals surface area (Å²) in [7, 11) is -0.488. The predicted octanol–water partition coefficient (Wildman–Crippen LogP) is 6.54. The summed E-state index contributed by atoms with van der Waals surface area (Å²) in [4.78, 5) is 12.9. The van der Waals surface area contributed by atoms with Crippen LogP contribution in [0.4, 0.5) is 0 Å². The zero-order valence-electron chi connectivity index (χ0n) is 27.1. The second-order valence-electron chi connectivity index (χ2n) is 13.4. The van der Waals surface area contributed by atoms with Gasteiger partial charge >= 0.3 is 0 Å². The summed E-state index contributed by atoms with van der Waals surface area (Å²) in [5.41, 5.74) is 3.91. The molecule has 0 saturated heterocycles. The van der Waals surface area contributed by atoms with Crippen molar-refractivity contribution in [2.45, 2.75) is 83.8 Å². The van der Waals surface area contributed by atoms with Gasteiger partial charge in [0.05, 0.1) is 19.8 Å². The summed E-state index contributed by atoms with van der Waals surface area (Å²) in [6.45, 7) is 16.2. The number of hydrogen-bond donors (Lipinski definition) is 4. The van der Waals surface area contributed by atoms with Crippen LogP contribution in [0.25, 0.3) is 0 Å². The maximum atomic E-state index is 12.9. The molecule has 0 fully saturated rings. The molecule has 1 amide bonds. The normalized spacial score (nSPS) is 13.0. The van der Waals surface area contributed by atoms with E-state index in [1.54, 1.807) is 13.2 Å². The first-order valence-electron chi connectivity index (χ1n) is 15.0. The average molecular weight is 607 g/mol. The van der Waals surface area contributed by atoms with Gasteiger partial charge in [-0.2, -0.15) is 0 Å². The number of amides is 1. The first-order valence-corrected chi connectivity index (χ1v) is 17.9. The molecule has 0 radical (unpaired) electrons. The third-order valence-corrected chi connectivity index (χ3v) is 12.8. The van der Waals surface area contributed by atoms with Gasteiger partial charge in [0.2, 0.25) is 0 Å². The van der Waals surface area contributed by atoms with Crippen molar-refractivity contribution in [3.63, 3.8) is 0 Å². The minimum Gasteiger partial charge on any atom is -0.508 e. The minimum atomic E-state index is -2.14. The van der Waals surface area contributed by atoms with E-state index in [1.165, 1.54) is 0 Å². The fourth-order valence-corrected chi connectivity index (χ4v) is 5.99. The fourth-order valence-electron chi connectivity index (χ4n) is 4.71. The summed E-state index contributed by atoms with van der Waals surface area (Å²) in [5.74, 6) is 0.795. The van der Waals surface area contributed by atoms with Crippen LogP contribution in [-0.4, -0.2) is 50.2 Å². The molecule has 0 unspecified atom stereocenters. The average Bonchev–Trinajstić information content (AvgIpc) is 2.95. The Morgan fingerprint density at radius 3 is 2.33 bits per heavy atom. The van der Waals surface area contributed by atoms with E-state index in [-0.39, 0.29) is 34.9 Å². The Balaban J connectivity index is 1.67. The van der Waals surface area contributed by atoms with Crippen LogP contribution in [0, 0.1) is 0 Å². The van der Waals surface area contributed by atoms with Crippen molar-refractivity contribution in [2.24, 2.45) is 0 Å². The molecule has 0 aliphatic heterocycles. The van der Waals surface area contributed by atoms with Crippen molar-refractivity contribution < 1.29 is 24.2 Å². The summed E-state index contributed by atoms with van der Waals surface area (Å²) < 4.78 is 12.1. The molecule has 0 saturated carbocycles. The van der Waals surface area contributed by atoms with E-state index < -0.39 is 8.32 Å². The molecule has 8 heteroatoms. The van der Waals surface area contributed by atoms with Crippen molar-refractivity contribution in [3.05, 3.63) is 94.5 Å². The lowest BCUT2D eigenvalue weighted by Gasteiger charge is -2.40. The number of aromatic hydroxyl groups is 1. The van der Waals surface area contributed by atoms with E-state index >= 15 is 0 Å². The van der Waals surface area contributed by atoms with Gasteiger partial charge in [-0.05, 0) is 97.9 Å². The summed E-state index contributed by atoms with van der Waals surface area (Å²) >= 11 is 0. The van der Waals surface area contributed by atoms with Crippen molar-refractivity contribution in [1.82, 2.24) is 10.6 Å². The number of aliphatic hydroxyl groups is 1. The van der Waals surface area contributed by atoms with Gasteiger partial charge in [0, 0.05) is 29.8 Å². The van der Waals surface area contributed by atoms with Gasteiger partial charge in [-0.25, -0.2) is 0 Å². The zero-order chi connectivity index (χ0) is 31.8. The molecule has 3 aromatic rings. The number of carbonyl (C=O) groups is 1. The number of methoxy groups -OCH3 is 1. The van der Waals surface area contributed by atoms with E-state index in [9.17, 15) is 15.0 Å². The molecule has 1 atom stereocenters. The fraction of sp³-hybridized carbons (Fsp3) is 0.457. The highest BCUT2D eigenvalue weighted by atomic mass is 28.4.